The Morgan fingerprint density at radius 1 is 1.35 bits per heavy atom. The molecule has 3 aliphatic rings. The second kappa shape index (κ2) is 4.55. The number of carbonyl (C=O) groups is 2. The van der Waals surface area contributed by atoms with Gasteiger partial charge in [0.15, 0.2) is 0 Å². The van der Waals surface area contributed by atoms with E-state index in [4.69, 9.17) is 0 Å². The van der Waals surface area contributed by atoms with Crippen LogP contribution in [0.25, 0.3) is 0 Å². The average molecular weight is 342 g/mol. The third-order valence-electron chi connectivity index (χ3n) is 4.46. The highest BCUT2D eigenvalue weighted by Crippen LogP contribution is 2.62. The van der Waals surface area contributed by atoms with Gasteiger partial charge in [0.2, 0.25) is 5.91 Å². The lowest BCUT2D eigenvalue weighted by atomic mass is 9.69. The maximum absolute atomic E-state index is 13.4. The van der Waals surface area contributed by atoms with E-state index in [-0.39, 0.29) is 17.7 Å². The summed E-state index contributed by atoms with van der Waals surface area (Å²) in [5.41, 5.74) is -0.304. The number of hydrogen-bond acceptors (Lipinski definition) is 2. The Morgan fingerprint density at radius 3 is 2.60 bits per heavy atom. The molecular formula is C14H13BrFNO3. The first kappa shape index (κ1) is 13.5. The number of benzene rings is 1. The molecule has 0 saturated heterocycles. The van der Waals surface area contributed by atoms with Gasteiger partial charge < -0.3 is 10.4 Å². The van der Waals surface area contributed by atoms with Crippen molar-refractivity contribution in [2.24, 2.45) is 17.3 Å². The van der Waals surface area contributed by atoms with Crippen molar-refractivity contribution < 1.29 is 19.1 Å². The lowest BCUT2D eigenvalue weighted by Crippen LogP contribution is -2.36. The van der Waals surface area contributed by atoms with Gasteiger partial charge in [-0.2, -0.15) is 0 Å². The summed E-state index contributed by atoms with van der Waals surface area (Å²) in [6.45, 7) is 0. The average Bonchev–Trinajstić information content (AvgIpc) is 2.89. The summed E-state index contributed by atoms with van der Waals surface area (Å²) in [5.74, 6) is -1.60. The normalized spacial score (nSPS) is 30.7. The highest BCUT2D eigenvalue weighted by molar-refractivity contribution is 9.10. The highest BCUT2D eigenvalue weighted by atomic mass is 79.9. The van der Waals surface area contributed by atoms with Crippen LogP contribution in [0.15, 0.2) is 22.7 Å². The number of halogens is 2. The molecule has 3 fully saturated rings. The first-order chi connectivity index (χ1) is 9.41. The van der Waals surface area contributed by atoms with Crippen molar-refractivity contribution >= 4 is 33.5 Å². The van der Waals surface area contributed by atoms with Crippen LogP contribution in [0.1, 0.15) is 19.3 Å². The van der Waals surface area contributed by atoms with Crippen molar-refractivity contribution in [2.75, 3.05) is 5.32 Å². The minimum Gasteiger partial charge on any atom is -0.481 e. The van der Waals surface area contributed by atoms with Gasteiger partial charge in [-0.15, -0.1) is 0 Å². The molecular weight excluding hydrogens is 329 g/mol. The molecule has 1 aromatic rings. The number of aliphatic carboxylic acids is 1. The van der Waals surface area contributed by atoms with Crippen LogP contribution in [0.2, 0.25) is 0 Å². The minimum atomic E-state index is -0.807. The fraction of sp³-hybridized carbons (Fsp3) is 0.429. The van der Waals surface area contributed by atoms with E-state index in [1.165, 1.54) is 12.1 Å². The summed E-state index contributed by atoms with van der Waals surface area (Å²) in [4.78, 5) is 23.4. The Balaban J connectivity index is 1.69. The number of fused-ring (bicyclic) bond motifs is 1. The van der Waals surface area contributed by atoms with Crippen LogP contribution in [0, 0.1) is 23.1 Å². The summed E-state index contributed by atoms with van der Waals surface area (Å²) in [7, 11) is 0. The van der Waals surface area contributed by atoms with E-state index in [1.54, 1.807) is 6.07 Å². The van der Waals surface area contributed by atoms with Gasteiger partial charge in [0, 0.05) is 11.6 Å². The Kier molecular flexibility index (Phi) is 3.08. The SMILES string of the molecule is O=C(Nc1ccc(Br)c(F)c1)[C@@H]1CC2(C(=O)O)CC1C2. The quantitative estimate of drug-likeness (QED) is 0.887. The van der Waals surface area contributed by atoms with Gasteiger partial charge in [-0.05, 0) is 59.3 Å². The van der Waals surface area contributed by atoms with Crippen LogP contribution in [0.4, 0.5) is 10.1 Å². The molecule has 0 aliphatic heterocycles. The van der Waals surface area contributed by atoms with Crippen LogP contribution >= 0.6 is 15.9 Å². The fourth-order valence-electron chi connectivity index (χ4n) is 3.36. The fourth-order valence-corrected chi connectivity index (χ4v) is 3.61. The van der Waals surface area contributed by atoms with Crippen LogP contribution in [0.5, 0.6) is 0 Å². The second-order valence-electron chi connectivity index (χ2n) is 5.68. The first-order valence-corrected chi connectivity index (χ1v) is 7.20. The van der Waals surface area contributed by atoms with Crippen molar-refractivity contribution in [3.8, 4) is 0 Å². The van der Waals surface area contributed by atoms with Crippen molar-refractivity contribution in [3.63, 3.8) is 0 Å². The first-order valence-electron chi connectivity index (χ1n) is 6.41. The Bertz CT molecular complexity index is 598. The van der Waals surface area contributed by atoms with Gasteiger partial charge in [0.1, 0.15) is 5.82 Å². The van der Waals surface area contributed by atoms with E-state index in [9.17, 15) is 19.1 Å². The van der Waals surface area contributed by atoms with Gasteiger partial charge >= 0.3 is 5.97 Å². The number of carboxylic acids is 1. The summed E-state index contributed by atoms with van der Waals surface area (Å²) >= 11 is 3.05. The molecule has 4 rings (SSSR count). The Morgan fingerprint density at radius 2 is 2.05 bits per heavy atom. The van der Waals surface area contributed by atoms with E-state index in [0.717, 1.165) is 0 Å². The lowest BCUT2D eigenvalue weighted by Gasteiger charge is -2.34. The maximum Gasteiger partial charge on any atom is 0.309 e. The second-order valence-corrected chi connectivity index (χ2v) is 6.54. The van der Waals surface area contributed by atoms with Gasteiger partial charge in [-0.1, -0.05) is 0 Å². The number of rotatable bonds is 3. The monoisotopic (exact) mass is 341 g/mol. The van der Waals surface area contributed by atoms with Gasteiger partial charge in [-0.25, -0.2) is 4.39 Å². The van der Waals surface area contributed by atoms with Gasteiger partial charge in [0.25, 0.3) is 0 Å². The number of anilines is 1. The molecule has 20 heavy (non-hydrogen) atoms. The van der Waals surface area contributed by atoms with Gasteiger partial charge in [0.05, 0.1) is 9.89 Å². The van der Waals surface area contributed by atoms with E-state index >= 15 is 0 Å². The molecule has 0 unspecified atom stereocenters. The molecule has 1 aromatic carbocycles. The minimum absolute atomic E-state index is 0.145. The van der Waals surface area contributed by atoms with Crippen molar-refractivity contribution in [2.45, 2.75) is 19.3 Å². The predicted molar refractivity (Wildman–Crippen MR) is 73.6 cm³/mol. The molecule has 0 aromatic heterocycles. The number of hydrogen-bond donors (Lipinski definition) is 2. The summed E-state index contributed by atoms with van der Waals surface area (Å²) < 4.78 is 13.7. The predicted octanol–water partition coefficient (Wildman–Crippen LogP) is 3.03. The van der Waals surface area contributed by atoms with Gasteiger partial charge in [-0.3, -0.25) is 9.59 Å². The molecule has 2 N–H and O–H groups in total. The van der Waals surface area contributed by atoms with Crippen LogP contribution in [-0.2, 0) is 9.59 Å². The van der Waals surface area contributed by atoms with E-state index in [1.807, 2.05) is 0 Å². The highest BCUT2D eigenvalue weighted by Gasteiger charge is 2.62. The zero-order valence-corrected chi connectivity index (χ0v) is 12.1. The van der Waals surface area contributed by atoms with Crippen LogP contribution < -0.4 is 5.32 Å². The van der Waals surface area contributed by atoms with Crippen LogP contribution in [0.3, 0.4) is 0 Å². The maximum atomic E-state index is 13.4. The zero-order valence-electron chi connectivity index (χ0n) is 10.5. The molecule has 106 valence electrons. The topological polar surface area (TPSA) is 66.4 Å². The van der Waals surface area contributed by atoms with Crippen molar-refractivity contribution in [1.29, 1.82) is 0 Å². The Labute approximate surface area is 123 Å². The summed E-state index contributed by atoms with van der Waals surface area (Å²) in [6, 6.07) is 4.38. The molecule has 0 spiro atoms. The number of carboxylic acid groups (broad SMARTS) is 1. The molecule has 3 saturated carbocycles. The largest absolute Gasteiger partial charge is 0.481 e. The molecule has 2 bridgehead atoms. The summed E-state index contributed by atoms with van der Waals surface area (Å²) in [5, 5.41) is 11.9. The van der Waals surface area contributed by atoms with Crippen molar-refractivity contribution in [1.82, 2.24) is 0 Å². The molecule has 0 radical (unpaired) electrons. The zero-order chi connectivity index (χ0) is 14.5. The molecule has 6 heteroatoms. The number of nitrogens with one attached hydrogen (secondary N) is 1. The lowest BCUT2D eigenvalue weighted by molar-refractivity contribution is -0.153. The molecule has 1 amide bonds. The molecule has 1 atom stereocenters. The van der Waals surface area contributed by atoms with Crippen molar-refractivity contribution in [3.05, 3.63) is 28.5 Å². The molecule has 0 heterocycles. The van der Waals surface area contributed by atoms with E-state index in [0.29, 0.717) is 29.4 Å². The summed E-state index contributed by atoms with van der Waals surface area (Å²) in [6.07, 6.45) is 1.54. The standard InChI is InChI=1S/C14H13BrFNO3/c15-10-2-1-8(3-11(10)16)17-12(18)9-6-14(13(19)20)4-7(9)5-14/h1-3,7,9H,4-6H2,(H,17,18)(H,19,20)/t7?,9-,14?/m1/s1. The Hall–Kier alpha value is -1.43. The molecule has 4 nitrogen and oxygen atoms in total. The van der Waals surface area contributed by atoms with E-state index in [2.05, 4.69) is 21.2 Å². The molecule has 3 aliphatic carbocycles. The third-order valence-corrected chi connectivity index (χ3v) is 5.11. The van der Waals surface area contributed by atoms with E-state index < -0.39 is 17.2 Å². The number of amides is 1. The third kappa shape index (κ3) is 2.02. The van der Waals surface area contributed by atoms with Crippen LogP contribution in [-0.4, -0.2) is 17.0 Å². The smallest absolute Gasteiger partial charge is 0.309 e. The number of carbonyl (C=O) groups excluding carboxylic acids is 1.